The standard InChI is InChI=1S/C17H24N2O2/c20-16(14-4-2-1-3-5-14)10-17(21)18-11-13-8-9-19(12-13)15-6-7-15/h1-5,13,15-16,20H,6-12H2,(H,18,21). The van der Waals surface area contributed by atoms with Crippen molar-refractivity contribution in [3.63, 3.8) is 0 Å². The molecule has 1 aliphatic heterocycles. The Morgan fingerprint density at radius 2 is 2.05 bits per heavy atom. The highest BCUT2D eigenvalue weighted by atomic mass is 16.3. The van der Waals surface area contributed by atoms with Crippen LogP contribution in [0.1, 0.15) is 37.4 Å². The van der Waals surface area contributed by atoms with Crippen molar-refractivity contribution in [1.82, 2.24) is 10.2 Å². The fraction of sp³-hybridized carbons (Fsp3) is 0.588. The lowest BCUT2D eigenvalue weighted by Crippen LogP contribution is -2.32. The van der Waals surface area contributed by atoms with Gasteiger partial charge in [0.05, 0.1) is 12.5 Å². The molecule has 1 saturated carbocycles. The molecule has 1 saturated heterocycles. The molecule has 4 nitrogen and oxygen atoms in total. The predicted molar refractivity (Wildman–Crippen MR) is 81.7 cm³/mol. The number of benzene rings is 1. The van der Waals surface area contributed by atoms with Gasteiger partial charge in [0.15, 0.2) is 0 Å². The van der Waals surface area contributed by atoms with Crippen molar-refractivity contribution in [2.75, 3.05) is 19.6 Å². The Morgan fingerprint density at radius 3 is 2.76 bits per heavy atom. The number of carbonyl (C=O) groups is 1. The molecule has 2 unspecified atom stereocenters. The zero-order valence-electron chi connectivity index (χ0n) is 12.4. The van der Waals surface area contributed by atoms with Crippen LogP contribution in [0, 0.1) is 5.92 Å². The number of carbonyl (C=O) groups excluding carboxylic acids is 1. The summed E-state index contributed by atoms with van der Waals surface area (Å²) in [6.07, 6.45) is 3.31. The highest BCUT2D eigenvalue weighted by Gasteiger charge is 2.34. The number of hydrogen-bond donors (Lipinski definition) is 2. The van der Waals surface area contributed by atoms with Crippen LogP contribution < -0.4 is 5.32 Å². The van der Waals surface area contributed by atoms with Crippen molar-refractivity contribution in [3.8, 4) is 0 Å². The molecule has 0 aromatic heterocycles. The first-order valence-corrected chi connectivity index (χ1v) is 7.96. The molecule has 2 fully saturated rings. The monoisotopic (exact) mass is 288 g/mol. The second-order valence-electron chi connectivity index (χ2n) is 6.32. The summed E-state index contributed by atoms with van der Waals surface area (Å²) in [4.78, 5) is 14.5. The van der Waals surface area contributed by atoms with Crippen molar-refractivity contribution in [2.45, 2.75) is 37.8 Å². The minimum absolute atomic E-state index is 0.0591. The van der Waals surface area contributed by atoms with Crippen LogP contribution in [0.3, 0.4) is 0 Å². The zero-order valence-corrected chi connectivity index (χ0v) is 12.4. The van der Waals surface area contributed by atoms with Crippen LogP contribution in [0.25, 0.3) is 0 Å². The van der Waals surface area contributed by atoms with E-state index in [4.69, 9.17) is 0 Å². The summed E-state index contributed by atoms with van der Waals surface area (Å²) in [6, 6.07) is 10.2. The minimum Gasteiger partial charge on any atom is -0.388 e. The van der Waals surface area contributed by atoms with Crippen LogP contribution in [0.2, 0.25) is 0 Å². The molecule has 21 heavy (non-hydrogen) atoms. The molecule has 1 heterocycles. The molecule has 3 rings (SSSR count). The zero-order chi connectivity index (χ0) is 14.7. The van der Waals surface area contributed by atoms with Crippen LogP contribution in [-0.4, -0.2) is 41.6 Å². The molecule has 4 heteroatoms. The Kier molecular flexibility index (Phi) is 4.56. The van der Waals surface area contributed by atoms with E-state index in [-0.39, 0.29) is 12.3 Å². The van der Waals surface area contributed by atoms with E-state index in [0.717, 1.165) is 24.7 Å². The van der Waals surface area contributed by atoms with Crippen molar-refractivity contribution >= 4 is 5.91 Å². The van der Waals surface area contributed by atoms with E-state index in [0.29, 0.717) is 5.92 Å². The maximum atomic E-state index is 11.9. The number of aliphatic hydroxyl groups is 1. The van der Waals surface area contributed by atoms with Gasteiger partial charge in [-0.1, -0.05) is 30.3 Å². The summed E-state index contributed by atoms with van der Waals surface area (Å²) in [5.74, 6) is 0.514. The van der Waals surface area contributed by atoms with Gasteiger partial charge in [-0.15, -0.1) is 0 Å². The van der Waals surface area contributed by atoms with Gasteiger partial charge in [-0.2, -0.15) is 0 Å². The number of rotatable bonds is 6. The molecule has 2 aliphatic rings. The lowest BCUT2D eigenvalue weighted by atomic mass is 10.1. The number of likely N-dealkylation sites (tertiary alicyclic amines) is 1. The topological polar surface area (TPSA) is 52.6 Å². The van der Waals surface area contributed by atoms with Gasteiger partial charge in [-0.25, -0.2) is 0 Å². The third-order valence-corrected chi connectivity index (χ3v) is 4.53. The lowest BCUT2D eigenvalue weighted by Gasteiger charge is -2.16. The van der Waals surface area contributed by atoms with E-state index in [9.17, 15) is 9.90 Å². The summed E-state index contributed by atoms with van der Waals surface area (Å²) in [7, 11) is 0. The molecule has 0 bridgehead atoms. The van der Waals surface area contributed by atoms with E-state index in [1.807, 2.05) is 30.3 Å². The summed E-state index contributed by atoms with van der Waals surface area (Å²) in [5.41, 5.74) is 0.799. The fourth-order valence-electron chi connectivity index (χ4n) is 3.10. The second-order valence-corrected chi connectivity index (χ2v) is 6.32. The first-order valence-electron chi connectivity index (χ1n) is 7.96. The number of amides is 1. The molecule has 1 amide bonds. The SMILES string of the molecule is O=C(CC(O)c1ccccc1)NCC1CCN(C2CC2)C1. The first-order chi connectivity index (χ1) is 10.2. The molecule has 1 aliphatic carbocycles. The molecule has 1 aromatic carbocycles. The van der Waals surface area contributed by atoms with E-state index in [2.05, 4.69) is 10.2 Å². The molecule has 1 aromatic rings. The summed E-state index contributed by atoms with van der Waals surface area (Å²) in [6.45, 7) is 3.04. The second kappa shape index (κ2) is 6.58. The number of nitrogens with one attached hydrogen (secondary N) is 1. The minimum atomic E-state index is -0.710. The van der Waals surface area contributed by atoms with Gasteiger partial charge in [-0.05, 0) is 37.3 Å². The maximum Gasteiger partial charge on any atom is 0.222 e. The van der Waals surface area contributed by atoms with Gasteiger partial charge in [0.25, 0.3) is 0 Å². The predicted octanol–water partition coefficient (Wildman–Crippen LogP) is 1.71. The molecular formula is C17H24N2O2. The van der Waals surface area contributed by atoms with Gasteiger partial charge in [0.2, 0.25) is 5.91 Å². The smallest absolute Gasteiger partial charge is 0.222 e. The Hall–Kier alpha value is -1.39. The molecule has 0 spiro atoms. The van der Waals surface area contributed by atoms with Gasteiger partial charge in [-0.3, -0.25) is 4.79 Å². The summed E-state index contributed by atoms with van der Waals surface area (Å²) >= 11 is 0. The van der Waals surface area contributed by atoms with Gasteiger partial charge in [0.1, 0.15) is 0 Å². The largest absolute Gasteiger partial charge is 0.388 e. The Balaban J connectivity index is 1.38. The molecule has 2 atom stereocenters. The van der Waals surface area contributed by atoms with E-state index in [1.165, 1.54) is 25.8 Å². The number of hydrogen-bond acceptors (Lipinski definition) is 3. The quantitative estimate of drug-likeness (QED) is 0.838. The molecular weight excluding hydrogens is 264 g/mol. The lowest BCUT2D eigenvalue weighted by molar-refractivity contribution is -0.123. The molecule has 114 valence electrons. The van der Waals surface area contributed by atoms with Crippen LogP contribution in [-0.2, 0) is 4.79 Å². The van der Waals surface area contributed by atoms with Crippen LogP contribution in [0.5, 0.6) is 0 Å². The average molecular weight is 288 g/mol. The number of nitrogens with zero attached hydrogens (tertiary/aromatic N) is 1. The number of aliphatic hydroxyl groups excluding tert-OH is 1. The van der Waals surface area contributed by atoms with Crippen molar-refractivity contribution in [3.05, 3.63) is 35.9 Å². The van der Waals surface area contributed by atoms with Gasteiger partial charge >= 0.3 is 0 Å². The maximum absolute atomic E-state index is 11.9. The van der Waals surface area contributed by atoms with E-state index in [1.54, 1.807) is 0 Å². The Labute approximate surface area is 126 Å². The first kappa shape index (κ1) is 14.5. The fourth-order valence-corrected chi connectivity index (χ4v) is 3.10. The van der Waals surface area contributed by atoms with Crippen molar-refractivity contribution in [1.29, 1.82) is 0 Å². The van der Waals surface area contributed by atoms with E-state index < -0.39 is 6.10 Å². The van der Waals surface area contributed by atoms with Crippen molar-refractivity contribution in [2.24, 2.45) is 5.92 Å². The Morgan fingerprint density at radius 1 is 1.29 bits per heavy atom. The van der Waals surface area contributed by atoms with Crippen LogP contribution >= 0.6 is 0 Å². The van der Waals surface area contributed by atoms with E-state index >= 15 is 0 Å². The van der Waals surface area contributed by atoms with Crippen LogP contribution in [0.15, 0.2) is 30.3 Å². The highest BCUT2D eigenvalue weighted by molar-refractivity contribution is 5.76. The molecule has 0 radical (unpaired) electrons. The highest BCUT2D eigenvalue weighted by Crippen LogP contribution is 2.31. The van der Waals surface area contributed by atoms with Gasteiger partial charge < -0.3 is 15.3 Å². The third-order valence-electron chi connectivity index (χ3n) is 4.53. The van der Waals surface area contributed by atoms with Crippen LogP contribution in [0.4, 0.5) is 0 Å². The molecule has 2 N–H and O–H groups in total. The summed E-state index contributed by atoms with van der Waals surface area (Å²) < 4.78 is 0. The van der Waals surface area contributed by atoms with Gasteiger partial charge in [0, 0.05) is 19.1 Å². The van der Waals surface area contributed by atoms with Crippen molar-refractivity contribution < 1.29 is 9.90 Å². The summed E-state index contributed by atoms with van der Waals surface area (Å²) in [5, 5.41) is 13.0. The normalized spacial score (nSPS) is 24.0. The average Bonchev–Trinajstić information content (AvgIpc) is 3.25. The third kappa shape index (κ3) is 4.05. The Bertz CT molecular complexity index is 473.